The van der Waals surface area contributed by atoms with E-state index in [1.165, 1.54) is 16.9 Å². The number of ketones is 1. The highest BCUT2D eigenvalue weighted by molar-refractivity contribution is 7.09. The van der Waals surface area contributed by atoms with Gasteiger partial charge in [-0.3, -0.25) is 19.3 Å². The standard InChI is InChI=1S/C36H56N4O4S/c1-23(2)18-27(19-26-14-10-9-11-15-26)37-34(43)29-22-45-35(38-29)33(42)21-31(25(5)6)40(8)36(44)28(24(3)4)20-32(41)30-16-12-13-17-39(30)7/h9-11,14-15,22-25,27-28,30-31,33,42H,12-13,16-21H2,1-8H3,(H,37,43)/t27-,28+,30-,31-,33-/m1/s1. The number of nitrogens with zero attached hydrogens (tertiary/aromatic N) is 3. The molecule has 1 aliphatic rings. The fourth-order valence-electron chi connectivity index (χ4n) is 6.54. The van der Waals surface area contributed by atoms with Crippen LogP contribution in [0.4, 0.5) is 0 Å². The van der Waals surface area contributed by atoms with Crippen molar-refractivity contribution >= 4 is 28.9 Å². The van der Waals surface area contributed by atoms with E-state index in [4.69, 9.17) is 0 Å². The summed E-state index contributed by atoms with van der Waals surface area (Å²) in [7, 11) is 3.78. The Morgan fingerprint density at radius 2 is 1.73 bits per heavy atom. The van der Waals surface area contributed by atoms with Crippen LogP contribution in [-0.4, -0.2) is 76.3 Å². The maximum absolute atomic E-state index is 13.9. The SMILES string of the molecule is CC(C)C[C@H](Cc1ccccc1)NC(=O)c1csc([C@H](O)C[C@H](C(C)C)N(C)C(=O)[C@@H](CC(=O)[C@H]2CCCCN2C)C(C)C)n1. The van der Waals surface area contributed by atoms with Crippen molar-refractivity contribution in [3.05, 3.63) is 52.0 Å². The van der Waals surface area contributed by atoms with Crippen LogP contribution in [0.3, 0.4) is 0 Å². The summed E-state index contributed by atoms with van der Waals surface area (Å²) < 4.78 is 0. The number of nitrogens with one attached hydrogen (secondary N) is 1. The molecule has 0 aliphatic carbocycles. The van der Waals surface area contributed by atoms with Gasteiger partial charge in [0.1, 0.15) is 16.8 Å². The molecule has 1 aromatic heterocycles. The highest BCUT2D eigenvalue weighted by Crippen LogP contribution is 2.30. The van der Waals surface area contributed by atoms with E-state index in [2.05, 4.69) is 41.2 Å². The largest absolute Gasteiger partial charge is 0.386 e. The predicted octanol–water partition coefficient (Wildman–Crippen LogP) is 6.15. The molecule has 2 aromatic rings. The zero-order valence-electron chi connectivity index (χ0n) is 28.7. The first-order valence-corrected chi connectivity index (χ1v) is 17.6. The van der Waals surface area contributed by atoms with Crippen molar-refractivity contribution in [3.63, 3.8) is 0 Å². The summed E-state index contributed by atoms with van der Waals surface area (Å²) in [5.74, 6) is -0.0750. The van der Waals surface area contributed by atoms with Gasteiger partial charge in [0, 0.05) is 43.3 Å². The van der Waals surface area contributed by atoms with Gasteiger partial charge in [-0.25, -0.2) is 4.98 Å². The lowest BCUT2D eigenvalue weighted by Gasteiger charge is -2.37. The fraction of sp³-hybridized carbons (Fsp3) is 0.667. The number of likely N-dealkylation sites (N-methyl/N-ethyl adjacent to an activating group) is 1. The number of benzene rings is 1. The summed E-state index contributed by atoms with van der Waals surface area (Å²) in [6.07, 6.45) is 4.18. The average molecular weight is 641 g/mol. The van der Waals surface area contributed by atoms with Crippen molar-refractivity contribution in [2.24, 2.45) is 23.7 Å². The van der Waals surface area contributed by atoms with Crippen molar-refractivity contribution in [2.45, 2.75) is 111 Å². The van der Waals surface area contributed by atoms with E-state index in [1.54, 1.807) is 17.3 Å². The number of piperidine rings is 1. The molecule has 0 radical (unpaired) electrons. The monoisotopic (exact) mass is 640 g/mol. The molecule has 45 heavy (non-hydrogen) atoms. The Morgan fingerprint density at radius 1 is 1.04 bits per heavy atom. The molecule has 1 saturated heterocycles. The summed E-state index contributed by atoms with van der Waals surface area (Å²) in [6.45, 7) is 13.3. The number of aliphatic hydroxyl groups excluding tert-OH is 1. The zero-order valence-corrected chi connectivity index (χ0v) is 29.5. The molecular formula is C36H56N4O4S. The van der Waals surface area contributed by atoms with Crippen LogP contribution in [0.15, 0.2) is 35.7 Å². The van der Waals surface area contributed by atoms with Crippen LogP contribution in [0.5, 0.6) is 0 Å². The van der Waals surface area contributed by atoms with Crippen molar-refractivity contribution in [2.75, 3.05) is 20.6 Å². The molecule has 1 aromatic carbocycles. The molecule has 3 rings (SSSR count). The Kier molecular flexibility index (Phi) is 14.2. The number of carbonyl (C=O) groups excluding carboxylic acids is 3. The van der Waals surface area contributed by atoms with E-state index in [9.17, 15) is 19.5 Å². The van der Waals surface area contributed by atoms with Crippen LogP contribution < -0.4 is 5.32 Å². The molecule has 9 heteroatoms. The van der Waals surface area contributed by atoms with E-state index in [1.807, 2.05) is 52.9 Å². The van der Waals surface area contributed by atoms with Gasteiger partial charge in [0.05, 0.1) is 6.04 Å². The molecule has 2 amide bonds. The van der Waals surface area contributed by atoms with Crippen LogP contribution in [0, 0.1) is 23.7 Å². The third kappa shape index (κ3) is 10.7. The first kappa shape index (κ1) is 36.8. The summed E-state index contributed by atoms with van der Waals surface area (Å²) in [6, 6.07) is 9.73. The lowest BCUT2D eigenvalue weighted by atomic mass is 9.85. The van der Waals surface area contributed by atoms with Gasteiger partial charge in [-0.05, 0) is 62.6 Å². The molecule has 250 valence electrons. The molecular weight excluding hydrogens is 584 g/mol. The van der Waals surface area contributed by atoms with Crippen LogP contribution in [0.25, 0.3) is 0 Å². The molecule has 1 fully saturated rings. The van der Waals surface area contributed by atoms with Gasteiger partial charge >= 0.3 is 0 Å². The number of amides is 2. The van der Waals surface area contributed by atoms with Crippen molar-refractivity contribution in [3.8, 4) is 0 Å². The number of hydrogen-bond donors (Lipinski definition) is 2. The summed E-state index contributed by atoms with van der Waals surface area (Å²) >= 11 is 1.27. The van der Waals surface area contributed by atoms with E-state index in [0.29, 0.717) is 23.0 Å². The summed E-state index contributed by atoms with van der Waals surface area (Å²) in [5.41, 5.74) is 1.47. The van der Waals surface area contributed by atoms with Gasteiger partial charge in [-0.2, -0.15) is 0 Å². The topological polar surface area (TPSA) is 103 Å². The molecule has 0 saturated carbocycles. The number of hydrogen-bond acceptors (Lipinski definition) is 7. The quantitative estimate of drug-likeness (QED) is 0.228. The first-order chi connectivity index (χ1) is 21.3. The lowest BCUT2D eigenvalue weighted by Crippen LogP contribution is -2.47. The number of thiazole rings is 1. The maximum Gasteiger partial charge on any atom is 0.270 e. The van der Waals surface area contributed by atoms with Gasteiger partial charge in [0.25, 0.3) is 5.91 Å². The first-order valence-electron chi connectivity index (χ1n) is 16.8. The Bertz CT molecular complexity index is 1230. The predicted molar refractivity (Wildman–Crippen MR) is 182 cm³/mol. The molecule has 0 unspecified atom stereocenters. The normalized spacial score (nSPS) is 18.5. The molecule has 8 nitrogen and oxygen atoms in total. The average Bonchev–Trinajstić information content (AvgIpc) is 3.49. The molecule has 0 spiro atoms. The molecule has 2 heterocycles. The van der Waals surface area contributed by atoms with Gasteiger partial charge in [0.15, 0.2) is 5.78 Å². The highest BCUT2D eigenvalue weighted by Gasteiger charge is 2.36. The number of likely N-dealkylation sites (tertiary alicyclic amines) is 1. The second-order valence-corrected chi connectivity index (χ2v) is 15.0. The Labute approximate surface area is 275 Å². The van der Waals surface area contributed by atoms with Crippen molar-refractivity contribution < 1.29 is 19.5 Å². The molecule has 5 atom stereocenters. The van der Waals surface area contributed by atoms with E-state index in [0.717, 1.165) is 38.6 Å². The second-order valence-electron chi connectivity index (χ2n) is 14.1. The summed E-state index contributed by atoms with van der Waals surface area (Å²) in [5, 5.41) is 16.6. The second kappa shape index (κ2) is 17.3. The van der Waals surface area contributed by atoms with Gasteiger partial charge in [-0.1, -0.05) is 78.3 Å². The minimum Gasteiger partial charge on any atom is -0.386 e. The van der Waals surface area contributed by atoms with Gasteiger partial charge in [-0.15, -0.1) is 11.3 Å². The van der Waals surface area contributed by atoms with Crippen molar-refractivity contribution in [1.82, 2.24) is 20.1 Å². The van der Waals surface area contributed by atoms with E-state index < -0.39 is 12.0 Å². The molecule has 1 aliphatic heterocycles. The van der Waals surface area contributed by atoms with Crippen molar-refractivity contribution in [1.29, 1.82) is 0 Å². The third-order valence-corrected chi connectivity index (χ3v) is 10.2. The number of aromatic nitrogens is 1. The highest BCUT2D eigenvalue weighted by atomic mass is 32.1. The van der Waals surface area contributed by atoms with Crippen LogP contribution in [-0.2, 0) is 16.0 Å². The van der Waals surface area contributed by atoms with Crippen LogP contribution in [0.1, 0.15) is 107 Å². The Morgan fingerprint density at radius 3 is 2.33 bits per heavy atom. The summed E-state index contributed by atoms with van der Waals surface area (Å²) in [4.78, 5) is 48.8. The minimum absolute atomic E-state index is 0.0111. The number of carbonyl (C=O) groups is 3. The number of Topliss-reactive ketones (excluding diaryl/α,β-unsaturated/α-hetero) is 1. The number of aliphatic hydroxyl groups is 1. The number of rotatable bonds is 16. The van der Waals surface area contributed by atoms with Gasteiger partial charge < -0.3 is 15.3 Å². The van der Waals surface area contributed by atoms with Gasteiger partial charge in [0.2, 0.25) is 5.91 Å². The third-order valence-electron chi connectivity index (χ3n) is 9.22. The maximum atomic E-state index is 13.9. The van der Waals surface area contributed by atoms with E-state index >= 15 is 0 Å². The fourth-order valence-corrected chi connectivity index (χ4v) is 7.34. The zero-order chi connectivity index (χ0) is 33.3. The lowest BCUT2D eigenvalue weighted by molar-refractivity contribution is -0.142. The molecule has 2 N–H and O–H groups in total. The molecule has 0 bridgehead atoms. The van der Waals surface area contributed by atoms with Crippen LogP contribution in [0.2, 0.25) is 0 Å². The Balaban J connectivity index is 1.66. The minimum atomic E-state index is -0.926. The smallest absolute Gasteiger partial charge is 0.270 e. The Hall–Kier alpha value is -2.62. The van der Waals surface area contributed by atoms with Crippen LogP contribution >= 0.6 is 11.3 Å². The van der Waals surface area contributed by atoms with E-state index in [-0.39, 0.29) is 54.0 Å².